The first-order valence-electron chi connectivity index (χ1n) is 7.52. The zero-order valence-electron chi connectivity index (χ0n) is 13.6. The van der Waals surface area contributed by atoms with E-state index < -0.39 is 22.6 Å². The Morgan fingerprint density at radius 3 is 2.58 bits per heavy atom. The van der Waals surface area contributed by atoms with E-state index in [0.717, 1.165) is 0 Å². The zero-order valence-corrected chi connectivity index (χ0v) is 13.6. The van der Waals surface area contributed by atoms with Crippen LogP contribution in [0.1, 0.15) is 26.3 Å². The van der Waals surface area contributed by atoms with Gasteiger partial charge in [0.2, 0.25) is 0 Å². The van der Waals surface area contributed by atoms with Gasteiger partial charge in [-0.3, -0.25) is 29.8 Å². The first-order chi connectivity index (χ1) is 12.3. The minimum Gasteiger partial charge on any atom is -0.484 e. The predicted octanol–water partition coefficient (Wildman–Crippen LogP) is 1.80. The Morgan fingerprint density at radius 1 is 1.15 bits per heavy atom. The van der Waals surface area contributed by atoms with Crippen LogP contribution in [0.15, 0.2) is 36.4 Å². The maximum atomic E-state index is 12.0. The Balaban J connectivity index is 1.62. The molecule has 0 fully saturated rings. The van der Waals surface area contributed by atoms with E-state index in [2.05, 4.69) is 10.6 Å². The van der Waals surface area contributed by atoms with E-state index in [4.69, 9.17) is 4.74 Å². The monoisotopic (exact) mass is 355 g/mol. The summed E-state index contributed by atoms with van der Waals surface area (Å²) in [5.74, 6) is -1.15. The molecule has 0 spiro atoms. The fourth-order valence-electron chi connectivity index (χ4n) is 2.51. The van der Waals surface area contributed by atoms with E-state index in [-0.39, 0.29) is 23.4 Å². The first-order valence-corrected chi connectivity index (χ1v) is 7.52. The van der Waals surface area contributed by atoms with Crippen LogP contribution >= 0.6 is 0 Å². The van der Waals surface area contributed by atoms with Gasteiger partial charge in [0.25, 0.3) is 23.4 Å². The third kappa shape index (κ3) is 3.36. The fraction of sp³-hybridized carbons (Fsp3) is 0.118. The third-order valence-corrected chi connectivity index (χ3v) is 3.75. The van der Waals surface area contributed by atoms with Crippen molar-refractivity contribution < 1.29 is 24.0 Å². The normalized spacial score (nSPS) is 12.3. The van der Waals surface area contributed by atoms with Crippen molar-refractivity contribution in [2.24, 2.45) is 0 Å². The van der Waals surface area contributed by atoms with Crippen LogP contribution in [0.4, 0.5) is 11.4 Å². The van der Waals surface area contributed by atoms with Gasteiger partial charge in [-0.05, 0) is 37.3 Å². The lowest BCUT2D eigenvalue weighted by Gasteiger charge is -2.09. The fourth-order valence-corrected chi connectivity index (χ4v) is 2.51. The lowest BCUT2D eigenvalue weighted by molar-refractivity contribution is -0.385. The number of nitro groups is 1. The van der Waals surface area contributed by atoms with E-state index in [1.165, 1.54) is 36.4 Å². The molecule has 0 aromatic heterocycles. The molecule has 1 heterocycles. The lowest BCUT2D eigenvalue weighted by atomic mass is 10.1. The van der Waals surface area contributed by atoms with Gasteiger partial charge in [0.1, 0.15) is 5.75 Å². The molecular weight excluding hydrogens is 342 g/mol. The van der Waals surface area contributed by atoms with Gasteiger partial charge in [0.15, 0.2) is 6.61 Å². The van der Waals surface area contributed by atoms with Crippen molar-refractivity contribution in [1.82, 2.24) is 5.32 Å². The van der Waals surface area contributed by atoms with Crippen molar-refractivity contribution in [3.05, 3.63) is 63.2 Å². The minimum atomic E-state index is -0.515. The molecule has 132 valence electrons. The number of fused-ring (bicyclic) bond motifs is 1. The molecule has 0 saturated heterocycles. The van der Waals surface area contributed by atoms with Gasteiger partial charge in [-0.1, -0.05) is 0 Å². The summed E-state index contributed by atoms with van der Waals surface area (Å²) in [4.78, 5) is 45.4. The van der Waals surface area contributed by atoms with Crippen LogP contribution < -0.4 is 15.4 Å². The number of ether oxygens (including phenoxy) is 1. The van der Waals surface area contributed by atoms with Crippen LogP contribution in [-0.2, 0) is 4.79 Å². The van der Waals surface area contributed by atoms with Gasteiger partial charge in [-0.25, -0.2) is 0 Å². The Morgan fingerprint density at radius 2 is 1.88 bits per heavy atom. The van der Waals surface area contributed by atoms with Gasteiger partial charge in [0.05, 0.1) is 16.1 Å². The summed E-state index contributed by atoms with van der Waals surface area (Å²) in [6.45, 7) is 1.25. The molecule has 2 N–H and O–H groups in total. The number of nitrogens with zero attached hydrogens (tertiary/aromatic N) is 1. The average Bonchev–Trinajstić information content (AvgIpc) is 2.86. The highest BCUT2D eigenvalue weighted by molar-refractivity contribution is 6.22. The number of hydrogen-bond acceptors (Lipinski definition) is 6. The maximum Gasteiger partial charge on any atom is 0.272 e. The Labute approximate surface area is 147 Å². The van der Waals surface area contributed by atoms with Crippen molar-refractivity contribution in [2.75, 3.05) is 11.9 Å². The second-order valence-corrected chi connectivity index (χ2v) is 5.59. The molecule has 3 rings (SSSR count). The third-order valence-electron chi connectivity index (χ3n) is 3.75. The number of nitro benzene ring substituents is 1. The van der Waals surface area contributed by atoms with E-state index in [0.29, 0.717) is 17.0 Å². The number of nitrogens with one attached hydrogen (secondary N) is 2. The lowest BCUT2D eigenvalue weighted by Crippen LogP contribution is -2.20. The molecule has 0 aliphatic carbocycles. The number of hydrogen-bond donors (Lipinski definition) is 2. The molecule has 0 saturated carbocycles. The number of carbonyl (C=O) groups is 3. The smallest absolute Gasteiger partial charge is 0.272 e. The molecule has 3 amide bonds. The first kappa shape index (κ1) is 17.1. The molecule has 0 unspecified atom stereocenters. The summed E-state index contributed by atoms with van der Waals surface area (Å²) in [5.41, 5.74) is 1.18. The van der Waals surface area contributed by atoms with Crippen LogP contribution in [0.2, 0.25) is 0 Å². The van der Waals surface area contributed by atoms with Crippen molar-refractivity contribution in [3.63, 3.8) is 0 Å². The number of benzene rings is 2. The molecule has 1 aliphatic rings. The van der Waals surface area contributed by atoms with Gasteiger partial charge in [-0.15, -0.1) is 0 Å². The molecule has 2 aromatic rings. The second-order valence-electron chi connectivity index (χ2n) is 5.59. The highest BCUT2D eigenvalue weighted by atomic mass is 16.6. The van der Waals surface area contributed by atoms with Crippen LogP contribution in [0, 0.1) is 17.0 Å². The summed E-state index contributed by atoms with van der Waals surface area (Å²) in [6.07, 6.45) is 0. The minimum absolute atomic E-state index is 0.0345. The highest BCUT2D eigenvalue weighted by Crippen LogP contribution is 2.23. The maximum absolute atomic E-state index is 12.0. The SMILES string of the molecule is Cc1cc(OCC(=O)Nc2ccc3c(c2)C(=O)NC3=O)ccc1[N+](=O)[O-]. The Kier molecular flexibility index (Phi) is 4.36. The number of rotatable bonds is 5. The van der Waals surface area contributed by atoms with Crippen molar-refractivity contribution in [2.45, 2.75) is 6.92 Å². The average molecular weight is 355 g/mol. The Bertz CT molecular complexity index is 954. The number of carbonyl (C=O) groups excluding carboxylic acids is 3. The number of anilines is 1. The standard InChI is InChI=1S/C17H13N3O6/c1-9-6-11(3-5-14(9)20(24)25)26-8-15(21)18-10-2-4-12-13(7-10)17(23)19-16(12)22/h2-7H,8H2,1H3,(H,18,21)(H,19,22,23). The summed E-state index contributed by atoms with van der Waals surface area (Å²) >= 11 is 0. The van der Waals surface area contributed by atoms with Crippen LogP contribution in [0.3, 0.4) is 0 Å². The molecular formula is C17H13N3O6. The molecule has 9 heteroatoms. The molecule has 0 atom stereocenters. The molecule has 0 bridgehead atoms. The quantitative estimate of drug-likeness (QED) is 0.478. The predicted molar refractivity (Wildman–Crippen MR) is 90.2 cm³/mol. The summed E-state index contributed by atoms with van der Waals surface area (Å²) in [6, 6.07) is 8.54. The van der Waals surface area contributed by atoms with Gasteiger partial charge in [-0.2, -0.15) is 0 Å². The number of amides is 3. The largest absolute Gasteiger partial charge is 0.484 e. The molecule has 0 radical (unpaired) electrons. The van der Waals surface area contributed by atoms with E-state index >= 15 is 0 Å². The van der Waals surface area contributed by atoms with Crippen LogP contribution in [0.5, 0.6) is 5.75 Å². The number of imide groups is 1. The zero-order chi connectivity index (χ0) is 18.8. The summed E-state index contributed by atoms with van der Waals surface area (Å²) in [5, 5.41) is 15.5. The Hall–Kier alpha value is -3.75. The van der Waals surface area contributed by atoms with E-state index in [9.17, 15) is 24.5 Å². The number of aryl methyl sites for hydroxylation is 1. The highest BCUT2D eigenvalue weighted by Gasteiger charge is 2.26. The van der Waals surface area contributed by atoms with Crippen molar-refractivity contribution in [3.8, 4) is 5.75 Å². The summed E-state index contributed by atoms with van der Waals surface area (Å²) in [7, 11) is 0. The topological polar surface area (TPSA) is 128 Å². The van der Waals surface area contributed by atoms with Gasteiger partial charge < -0.3 is 10.1 Å². The van der Waals surface area contributed by atoms with Crippen molar-refractivity contribution >= 4 is 29.1 Å². The molecule has 9 nitrogen and oxygen atoms in total. The van der Waals surface area contributed by atoms with Crippen LogP contribution in [0.25, 0.3) is 0 Å². The van der Waals surface area contributed by atoms with E-state index in [1.807, 2.05) is 0 Å². The second kappa shape index (κ2) is 6.63. The van der Waals surface area contributed by atoms with Crippen molar-refractivity contribution in [1.29, 1.82) is 0 Å². The summed E-state index contributed by atoms with van der Waals surface area (Å²) < 4.78 is 5.32. The van der Waals surface area contributed by atoms with E-state index in [1.54, 1.807) is 6.92 Å². The van der Waals surface area contributed by atoms with Crippen LogP contribution in [-0.4, -0.2) is 29.3 Å². The van der Waals surface area contributed by atoms with Gasteiger partial charge in [0, 0.05) is 17.3 Å². The molecule has 2 aromatic carbocycles. The van der Waals surface area contributed by atoms with Gasteiger partial charge >= 0.3 is 0 Å². The molecule has 1 aliphatic heterocycles. The molecule has 26 heavy (non-hydrogen) atoms.